The fraction of sp³-hybridized carbons (Fsp3) is 0.391. The van der Waals surface area contributed by atoms with Crippen LogP contribution in [0.15, 0.2) is 53.0 Å². The van der Waals surface area contributed by atoms with Crippen LogP contribution in [0.1, 0.15) is 33.3 Å². The highest BCUT2D eigenvalue weighted by Crippen LogP contribution is 2.28. The number of hydrogen-bond donors (Lipinski definition) is 1. The molecule has 1 N–H and O–H groups in total. The zero-order valence-corrected chi connectivity index (χ0v) is 22.5. The first kappa shape index (κ1) is 27.1. The third-order valence-electron chi connectivity index (χ3n) is 4.73. The van der Waals surface area contributed by atoms with Gasteiger partial charge >= 0.3 is 0 Å². The average Bonchev–Trinajstić information content (AvgIpc) is 2.69. The lowest BCUT2D eigenvalue weighted by atomic mass is 10.1. The van der Waals surface area contributed by atoms with Crippen molar-refractivity contribution in [1.29, 1.82) is 0 Å². The minimum absolute atomic E-state index is 0.113. The highest BCUT2D eigenvalue weighted by Gasteiger charge is 2.31. The van der Waals surface area contributed by atoms with E-state index in [1.807, 2.05) is 20.8 Å². The molecular formula is C23H29BrClN3O4S. The van der Waals surface area contributed by atoms with Gasteiger partial charge in [0.05, 0.1) is 11.9 Å². The Morgan fingerprint density at radius 1 is 1.09 bits per heavy atom. The van der Waals surface area contributed by atoms with Gasteiger partial charge < -0.3 is 10.2 Å². The summed E-state index contributed by atoms with van der Waals surface area (Å²) in [7, 11) is -3.78. The molecule has 0 spiro atoms. The smallest absolute Gasteiger partial charge is 0.244 e. The highest BCUT2D eigenvalue weighted by atomic mass is 79.9. The van der Waals surface area contributed by atoms with Crippen molar-refractivity contribution < 1.29 is 18.0 Å². The summed E-state index contributed by atoms with van der Waals surface area (Å²) in [5.41, 5.74) is 0.607. The van der Waals surface area contributed by atoms with E-state index >= 15 is 0 Å². The van der Waals surface area contributed by atoms with Crippen LogP contribution in [0.2, 0.25) is 5.02 Å². The molecule has 0 aliphatic rings. The van der Waals surface area contributed by atoms with Crippen LogP contribution in [-0.4, -0.2) is 49.5 Å². The maximum Gasteiger partial charge on any atom is 0.244 e. The van der Waals surface area contributed by atoms with Crippen molar-refractivity contribution in [3.05, 3.63) is 63.6 Å². The van der Waals surface area contributed by atoms with Crippen molar-refractivity contribution in [2.75, 3.05) is 17.1 Å². The van der Waals surface area contributed by atoms with Gasteiger partial charge in [-0.05, 0) is 73.5 Å². The van der Waals surface area contributed by atoms with E-state index in [2.05, 4.69) is 21.2 Å². The summed E-state index contributed by atoms with van der Waals surface area (Å²) in [6.45, 7) is 6.83. The number of nitrogens with zero attached hydrogens (tertiary/aromatic N) is 2. The fourth-order valence-corrected chi connectivity index (χ4v) is 4.70. The number of hydrogen-bond acceptors (Lipinski definition) is 4. The molecular weight excluding hydrogens is 530 g/mol. The Hall–Kier alpha value is -2.10. The van der Waals surface area contributed by atoms with Gasteiger partial charge in [-0.2, -0.15) is 0 Å². The average molecular weight is 559 g/mol. The Labute approximate surface area is 209 Å². The predicted molar refractivity (Wildman–Crippen MR) is 136 cm³/mol. The van der Waals surface area contributed by atoms with Crippen molar-refractivity contribution in [3.63, 3.8) is 0 Å². The second-order valence-electron chi connectivity index (χ2n) is 8.78. The summed E-state index contributed by atoms with van der Waals surface area (Å²) in [5.74, 6) is -0.848. The Balaban J connectivity index is 2.41. The molecule has 0 heterocycles. The van der Waals surface area contributed by atoms with Crippen molar-refractivity contribution in [3.8, 4) is 0 Å². The van der Waals surface area contributed by atoms with E-state index < -0.39 is 34.1 Å². The van der Waals surface area contributed by atoms with E-state index in [9.17, 15) is 18.0 Å². The van der Waals surface area contributed by atoms with Gasteiger partial charge in [0, 0.05) is 21.6 Å². The maximum absolute atomic E-state index is 13.5. The molecule has 1 atom stereocenters. The van der Waals surface area contributed by atoms with Crippen LogP contribution in [0, 0.1) is 0 Å². The van der Waals surface area contributed by atoms with Gasteiger partial charge in [-0.1, -0.05) is 35.9 Å². The normalized spacial score (nSPS) is 12.7. The molecule has 2 aromatic rings. The van der Waals surface area contributed by atoms with Crippen LogP contribution in [0.3, 0.4) is 0 Å². The molecule has 33 heavy (non-hydrogen) atoms. The minimum atomic E-state index is -3.78. The quantitative estimate of drug-likeness (QED) is 0.526. The first-order chi connectivity index (χ1) is 15.2. The van der Waals surface area contributed by atoms with Crippen molar-refractivity contribution in [1.82, 2.24) is 10.2 Å². The number of para-hydroxylation sites is 1. The zero-order chi connectivity index (χ0) is 25.0. The number of carbonyl (C=O) groups is 2. The van der Waals surface area contributed by atoms with Crippen molar-refractivity contribution >= 4 is 55.1 Å². The molecule has 1 unspecified atom stereocenters. The van der Waals surface area contributed by atoms with E-state index in [4.69, 9.17) is 11.6 Å². The molecule has 0 aliphatic carbocycles. The predicted octanol–water partition coefficient (Wildman–Crippen LogP) is 4.20. The molecule has 0 aliphatic heterocycles. The first-order valence-electron chi connectivity index (χ1n) is 10.3. The van der Waals surface area contributed by atoms with Gasteiger partial charge in [-0.25, -0.2) is 8.42 Å². The van der Waals surface area contributed by atoms with Crippen LogP contribution in [-0.2, 0) is 26.2 Å². The second-order valence-corrected chi connectivity index (χ2v) is 12.0. The number of anilines is 1. The first-order valence-corrected chi connectivity index (χ1v) is 13.3. The summed E-state index contributed by atoms with van der Waals surface area (Å²) < 4.78 is 26.7. The molecule has 2 aromatic carbocycles. The van der Waals surface area contributed by atoms with Gasteiger partial charge in [0.2, 0.25) is 21.8 Å². The highest BCUT2D eigenvalue weighted by molar-refractivity contribution is 9.10. The molecule has 0 aromatic heterocycles. The molecule has 10 heteroatoms. The number of amides is 2. The van der Waals surface area contributed by atoms with Crippen LogP contribution in [0.4, 0.5) is 5.69 Å². The van der Waals surface area contributed by atoms with Gasteiger partial charge in [0.1, 0.15) is 12.6 Å². The summed E-state index contributed by atoms with van der Waals surface area (Å²) in [5, 5.41) is 3.43. The summed E-state index contributed by atoms with van der Waals surface area (Å²) in [6.07, 6.45) is 1.04. The van der Waals surface area contributed by atoms with E-state index in [-0.39, 0.29) is 12.5 Å². The maximum atomic E-state index is 13.5. The van der Waals surface area contributed by atoms with Gasteiger partial charge in [0.15, 0.2) is 0 Å². The second kappa shape index (κ2) is 10.9. The van der Waals surface area contributed by atoms with E-state index in [0.29, 0.717) is 15.2 Å². The van der Waals surface area contributed by atoms with Crippen LogP contribution < -0.4 is 9.62 Å². The number of sulfonamides is 1. The van der Waals surface area contributed by atoms with Crippen molar-refractivity contribution in [2.45, 2.75) is 45.8 Å². The topological polar surface area (TPSA) is 86.8 Å². The van der Waals surface area contributed by atoms with E-state index in [1.165, 1.54) is 4.90 Å². The molecule has 0 fully saturated rings. The summed E-state index contributed by atoms with van der Waals surface area (Å²) in [6, 6.07) is 12.8. The lowest BCUT2D eigenvalue weighted by Gasteiger charge is -2.33. The third kappa shape index (κ3) is 8.01. The van der Waals surface area contributed by atoms with Crippen LogP contribution in [0.25, 0.3) is 0 Å². The Morgan fingerprint density at radius 3 is 2.18 bits per heavy atom. The SMILES string of the molecule is CC(C(=O)NC(C)(C)C)N(Cc1ccc(Cl)cc1)C(=O)CN(c1ccccc1Br)S(C)(=O)=O. The standard InChI is InChI=1S/C23H29BrClN3O4S/c1-16(22(30)26-23(2,3)4)27(14-17-10-12-18(25)13-11-17)21(29)15-28(33(5,31)32)20-9-7-6-8-19(20)24/h6-13,16H,14-15H2,1-5H3,(H,26,30). The fourth-order valence-electron chi connectivity index (χ4n) is 3.09. The molecule has 0 saturated heterocycles. The largest absolute Gasteiger partial charge is 0.350 e. The van der Waals surface area contributed by atoms with Gasteiger partial charge in [-0.3, -0.25) is 13.9 Å². The number of benzene rings is 2. The number of nitrogens with one attached hydrogen (secondary N) is 1. The molecule has 7 nitrogen and oxygen atoms in total. The molecule has 0 radical (unpaired) electrons. The molecule has 180 valence electrons. The van der Waals surface area contributed by atoms with Gasteiger partial charge in [-0.15, -0.1) is 0 Å². The Kier molecular flexibility index (Phi) is 8.95. The van der Waals surface area contributed by atoms with Crippen molar-refractivity contribution in [2.24, 2.45) is 0 Å². The van der Waals surface area contributed by atoms with Crippen LogP contribution in [0.5, 0.6) is 0 Å². The Morgan fingerprint density at radius 2 is 1.67 bits per heavy atom. The molecule has 0 bridgehead atoms. The number of halogens is 2. The number of rotatable bonds is 8. The van der Waals surface area contributed by atoms with Crippen LogP contribution >= 0.6 is 27.5 Å². The minimum Gasteiger partial charge on any atom is -0.350 e. The molecule has 0 saturated carbocycles. The molecule has 2 rings (SSSR count). The zero-order valence-electron chi connectivity index (χ0n) is 19.3. The summed E-state index contributed by atoms with van der Waals surface area (Å²) >= 11 is 9.33. The number of carbonyl (C=O) groups excluding carboxylic acids is 2. The monoisotopic (exact) mass is 557 g/mol. The third-order valence-corrected chi connectivity index (χ3v) is 6.78. The van der Waals surface area contributed by atoms with E-state index in [1.54, 1.807) is 55.5 Å². The Bertz CT molecular complexity index is 1100. The lowest BCUT2D eigenvalue weighted by molar-refractivity contribution is -0.140. The molecule has 2 amide bonds. The summed E-state index contributed by atoms with van der Waals surface area (Å²) in [4.78, 5) is 27.7. The van der Waals surface area contributed by atoms with Gasteiger partial charge in [0.25, 0.3) is 0 Å². The lowest BCUT2D eigenvalue weighted by Crippen LogP contribution is -2.54. The van der Waals surface area contributed by atoms with E-state index in [0.717, 1.165) is 16.1 Å².